The van der Waals surface area contributed by atoms with Crippen molar-refractivity contribution < 1.29 is 23.7 Å². The van der Waals surface area contributed by atoms with Gasteiger partial charge < -0.3 is 14.6 Å². The molecular weight excluding hydrogens is 348 g/mol. The van der Waals surface area contributed by atoms with Crippen LogP contribution in [-0.2, 0) is 21.7 Å². The summed E-state index contributed by atoms with van der Waals surface area (Å²) in [7, 11) is 1.83. The molecule has 1 aliphatic heterocycles. The molecule has 1 aromatic heterocycles. The topological polar surface area (TPSA) is 96.1 Å². The molecule has 1 saturated heterocycles. The van der Waals surface area contributed by atoms with Crippen LogP contribution < -0.4 is 15.6 Å². The largest absolute Gasteiger partial charge is 0.460 e. The van der Waals surface area contributed by atoms with E-state index in [-0.39, 0.29) is 6.54 Å². The summed E-state index contributed by atoms with van der Waals surface area (Å²) in [5.41, 5.74) is 1.84. The van der Waals surface area contributed by atoms with Crippen LogP contribution in [0.15, 0.2) is 46.9 Å². The summed E-state index contributed by atoms with van der Waals surface area (Å²) in [5, 5.41) is 3.40. The Morgan fingerprint density at radius 1 is 1.22 bits per heavy atom. The number of amides is 4. The van der Waals surface area contributed by atoms with Crippen LogP contribution in [0, 0.1) is 6.92 Å². The number of benzene rings is 1. The minimum atomic E-state index is -1.21. The molecule has 142 valence electrons. The van der Waals surface area contributed by atoms with Crippen molar-refractivity contribution in [2.24, 2.45) is 0 Å². The highest BCUT2D eigenvalue weighted by molar-refractivity contribution is 6.08. The fraction of sp³-hybridized carbons (Fsp3) is 0.316. The smallest absolute Gasteiger partial charge is 0.344 e. The van der Waals surface area contributed by atoms with Crippen molar-refractivity contribution >= 4 is 17.8 Å². The molecule has 3 N–H and O–H groups in total. The van der Waals surface area contributed by atoms with Crippen LogP contribution in [0.1, 0.15) is 24.0 Å². The number of hydrogen-bond acceptors (Lipinski definition) is 4. The minimum Gasteiger partial charge on any atom is -0.460 e. The lowest BCUT2D eigenvalue weighted by Crippen LogP contribution is -3.09. The zero-order chi connectivity index (χ0) is 19.6. The summed E-state index contributed by atoms with van der Waals surface area (Å²) in [6, 6.07) is 12.0. The number of quaternary nitrogens is 1. The molecule has 0 radical (unpaired) electrons. The fourth-order valence-electron chi connectivity index (χ4n) is 3.09. The molecule has 8 heteroatoms. The number of furan rings is 1. The Morgan fingerprint density at radius 3 is 2.56 bits per heavy atom. The van der Waals surface area contributed by atoms with E-state index in [0.29, 0.717) is 12.1 Å². The first-order valence-electron chi connectivity index (χ1n) is 8.68. The summed E-state index contributed by atoms with van der Waals surface area (Å²) >= 11 is 0. The highest BCUT2D eigenvalue weighted by Gasteiger charge is 2.50. The molecule has 0 bridgehead atoms. The van der Waals surface area contributed by atoms with Gasteiger partial charge in [-0.2, -0.15) is 5.01 Å². The van der Waals surface area contributed by atoms with Crippen molar-refractivity contribution in [2.45, 2.75) is 25.9 Å². The van der Waals surface area contributed by atoms with E-state index in [9.17, 15) is 14.4 Å². The van der Waals surface area contributed by atoms with Gasteiger partial charge in [-0.15, -0.1) is 0 Å². The molecule has 1 fully saturated rings. The van der Waals surface area contributed by atoms with Gasteiger partial charge in [-0.1, -0.05) is 30.3 Å². The molecule has 3 rings (SSSR count). The summed E-state index contributed by atoms with van der Waals surface area (Å²) in [6.45, 7) is 4.07. The molecule has 0 spiro atoms. The second-order valence-electron chi connectivity index (χ2n) is 6.92. The van der Waals surface area contributed by atoms with Gasteiger partial charge in [0.2, 0.25) is 0 Å². The molecule has 0 saturated carbocycles. The molecule has 2 atom stereocenters. The Morgan fingerprint density at radius 2 is 1.93 bits per heavy atom. The second-order valence-corrected chi connectivity index (χ2v) is 6.92. The number of urea groups is 1. The van der Waals surface area contributed by atoms with Gasteiger partial charge in [0.05, 0.1) is 7.05 Å². The molecule has 2 heterocycles. The number of likely N-dealkylation sites (N-methyl/N-ethyl adjacent to an activating group) is 1. The lowest BCUT2D eigenvalue weighted by molar-refractivity contribution is -0.886. The lowest BCUT2D eigenvalue weighted by Gasteiger charge is -2.22. The SMILES string of the molecule is Cc1ccc(C[NH+](C)CC(=O)NN2C(=O)N[C@@](C)(c3ccccc3)C2=O)o1. The summed E-state index contributed by atoms with van der Waals surface area (Å²) in [4.78, 5) is 38.2. The van der Waals surface area contributed by atoms with Gasteiger partial charge in [-0.3, -0.25) is 15.0 Å². The maximum Gasteiger partial charge on any atom is 0.344 e. The van der Waals surface area contributed by atoms with Crippen molar-refractivity contribution in [3.8, 4) is 0 Å². The normalized spacial score (nSPS) is 20.5. The van der Waals surface area contributed by atoms with Crippen molar-refractivity contribution in [2.75, 3.05) is 13.6 Å². The van der Waals surface area contributed by atoms with Crippen molar-refractivity contribution in [1.29, 1.82) is 0 Å². The number of nitrogens with zero attached hydrogens (tertiary/aromatic N) is 1. The fourth-order valence-corrected chi connectivity index (χ4v) is 3.09. The van der Waals surface area contributed by atoms with Gasteiger partial charge in [0.1, 0.15) is 17.8 Å². The van der Waals surface area contributed by atoms with Crippen molar-refractivity contribution in [3.63, 3.8) is 0 Å². The Hall–Kier alpha value is -3.13. The van der Waals surface area contributed by atoms with E-state index < -0.39 is 23.4 Å². The van der Waals surface area contributed by atoms with E-state index in [2.05, 4.69) is 10.7 Å². The molecule has 1 aromatic carbocycles. The Balaban J connectivity index is 1.62. The van der Waals surface area contributed by atoms with Gasteiger partial charge in [0.15, 0.2) is 12.3 Å². The first-order chi connectivity index (χ1) is 12.8. The number of rotatable bonds is 6. The number of hydrogen-bond donors (Lipinski definition) is 3. The zero-order valence-corrected chi connectivity index (χ0v) is 15.5. The maximum absolute atomic E-state index is 12.8. The van der Waals surface area contributed by atoms with Gasteiger partial charge in [0.25, 0.3) is 11.8 Å². The van der Waals surface area contributed by atoms with Crippen LogP contribution in [0.5, 0.6) is 0 Å². The van der Waals surface area contributed by atoms with Crippen molar-refractivity contribution in [3.05, 3.63) is 59.5 Å². The van der Waals surface area contributed by atoms with E-state index in [1.165, 1.54) is 0 Å². The van der Waals surface area contributed by atoms with Crippen LogP contribution in [0.3, 0.4) is 0 Å². The highest BCUT2D eigenvalue weighted by atomic mass is 16.3. The third kappa shape index (κ3) is 3.85. The first kappa shape index (κ1) is 18.7. The monoisotopic (exact) mass is 371 g/mol. The molecular formula is C19H23N4O4+. The number of hydrazine groups is 1. The standard InChI is InChI=1S/C19H22N4O4/c1-13-9-10-15(27-13)11-22(3)12-16(24)21-23-17(25)19(2,20-18(23)26)14-7-5-4-6-8-14/h4-10H,11-12H2,1-3H3,(H,20,26)(H,21,24)/p+1/t19-/m0/s1. The summed E-state index contributed by atoms with van der Waals surface area (Å²) < 4.78 is 5.50. The van der Waals surface area contributed by atoms with E-state index in [1.54, 1.807) is 31.2 Å². The third-order valence-corrected chi connectivity index (χ3v) is 4.51. The summed E-state index contributed by atoms with van der Waals surface area (Å²) in [5.74, 6) is 0.620. The number of carbonyl (C=O) groups excluding carboxylic acids is 3. The first-order valence-corrected chi connectivity index (χ1v) is 8.68. The van der Waals surface area contributed by atoms with Gasteiger partial charge in [-0.05, 0) is 31.5 Å². The lowest BCUT2D eigenvalue weighted by atomic mass is 9.92. The molecule has 1 aliphatic rings. The Bertz CT molecular complexity index is 864. The van der Waals surface area contributed by atoms with Gasteiger partial charge in [-0.25, -0.2) is 4.79 Å². The molecule has 27 heavy (non-hydrogen) atoms. The number of aryl methyl sites for hydroxylation is 1. The van der Waals surface area contributed by atoms with Gasteiger partial charge in [0, 0.05) is 0 Å². The number of nitrogens with one attached hydrogen (secondary N) is 3. The van der Waals surface area contributed by atoms with E-state index in [0.717, 1.165) is 21.4 Å². The number of imide groups is 1. The Kier molecular flexibility index (Phi) is 5.00. The quantitative estimate of drug-likeness (QED) is 0.628. The molecule has 0 aliphatic carbocycles. The van der Waals surface area contributed by atoms with Crippen LogP contribution in [0.25, 0.3) is 0 Å². The minimum absolute atomic E-state index is 0.0822. The molecule has 1 unspecified atom stereocenters. The molecule has 4 amide bonds. The van der Waals surface area contributed by atoms with Crippen LogP contribution >= 0.6 is 0 Å². The zero-order valence-electron chi connectivity index (χ0n) is 15.5. The van der Waals surface area contributed by atoms with Crippen LogP contribution in [-0.4, -0.2) is 36.4 Å². The van der Waals surface area contributed by atoms with Crippen LogP contribution in [0.2, 0.25) is 0 Å². The molecule has 8 nitrogen and oxygen atoms in total. The van der Waals surface area contributed by atoms with Crippen molar-refractivity contribution in [1.82, 2.24) is 15.8 Å². The second kappa shape index (κ2) is 7.24. The van der Waals surface area contributed by atoms with E-state index >= 15 is 0 Å². The average molecular weight is 371 g/mol. The highest BCUT2D eigenvalue weighted by Crippen LogP contribution is 2.27. The average Bonchev–Trinajstić information content (AvgIpc) is 3.12. The predicted octanol–water partition coefficient (Wildman–Crippen LogP) is 0.101. The summed E-state index contributed by atoms with van der Waals surface area (Å²) in [6.07, 6.45) is 0. The van der Waals surface area contributed by atoms with E-state index in [4.69, 9.17) is 4.42 Å². The number of carbonyl (C=O) groups is 3. The van der Waals surface area contributed by atoms with E-state index in [1.807, 2.05) is 32.2 Å². The maximum atomic E-state index is 12.8. The Labute approximate surface area is 157 Å². The third-order valence-electron chi connectivity index (χ3n) is 4.51. The predicted molar refractivity (Wildman–Crippen MR) is 96.2 cm³/mol. The van der Waals surface area contributed by atoms with Gasteiger partial charge >= 0.3 is 6.03 Å². The van der Waals surface area contributed by atoms with Crippen LogP contribution in [0.4, 0.5) is 4.79 Å². The molecule has 2 aromatic rings.